The quantitative estimate of drug-likeness (QED) is 0.566. The summed E-state index contributed by atoms with van der Waals surface area (Å²) in [4.78, 5) is 11.2. The molecular formula is C11H14N2O. The molecule has 0 spiro atoms. The molecule has 1 aromatic rings. The maximum Gasteiger partial charge on any atom is 0.262 e. The average Bonchev–Trinajstić information content (AvgIpc) is 2.15. The van der Waals surface area contributed by atoms with E-state index in [2.05, 4.69) is 10.9 Å². The van der Waals surface area contributed by atoms with Crippen molar-refractivity contribution in [2.45, 2.75) is 13.8 Å². The van der Waals surface area contributed by atoms with Gasteiger partial charge in [0, 0.05) is 6.08 Å². The monoisotopic (exact) mass is 190 g/mol. The van der Waals surface area contributed by atoms with E-state index in [1.165, 1.54) is 6.08 Å². The summed E-state index contributed by atoms with van der Waals surface area (Å²) >= 11 is 0. The van der Waals surface area contributed by atoms with Crippen molar-refractivity contribution in [3.8, 4) is 0 Å². The average molecular weight is 190 g/mol. The number of nitrogens with one attached hydrogen (secondary N) is 2. The third kappa shape index (κ3) is 3.76. The van der Waals surface area contributed by atoms with Crippen LogP contribution in [0.3, 0.4) is 0 Å². The lowest BCUT2D eigenvalue weighted by Crippen LogP contribution is -2.27. The molecule has 0 aliphatic carbocycles. The molecule has 0 aliphatic rings. The SMILES string of the molecule is CC(C)=CC(=O)NNc1ccccc1. The molecule has 0 fully saturated rings. The van der Waals surface area contributed by atoms with Gasteiger partial charge in [-0.1, -0.05) is 23.8 Å². The van der Waals surface area contributed by atoms with Crippen LogP contribution in [0.1, 0.15) is 13.8 Å². The largest absolute Gasteiger partial charge is 0.298 e. The van der Waals surface area contributed by atoms with Crippen LogP contribution in [0.2, 0.25) is 0 Å². The number of carbonyl (C=O) groups excluding carboxylic acids is 1. The van der Waals surface area contributed by atoms with Gasteiger partial charge in [0.15, 0.2) is 0 Å². The number of amides is 1. The van der Waals surface area contributed by atoms with Gasteiger partial charge in [-0.3, -0.25) is 15.6 Å². The second kappa shape index (κ2) is 5.07. The number of allylic oxidation sites excluding steroid dienone is 1. The van der Waals surface area contributed by atoms with Gasteiger partial charge >= 0.3 is 0 Å². The highest BCUT2D eigenvalue weighted by Crippen LogP contribution is 2.02. The van der Waals surface area contributed by atoms with Crippen LogP contribution in [0.15, 0.2) is 42.0 Å². The molecule has 0 heterocycles. The normalized spacial score (nSPS) is 9.00. The van der Waals surface area contributed by atoms with Gasteiger partial charge in [-0.15, -0.1) is 0 Å². The molecule has 14 heavy (non-hydrogen) atoms. The Kier molecular flexibility index (Phi) is 3.73. The van der Waals surface area contributed by atoms with Crippen molar-refractivity contribution in [3.05, 3.63) is 42.0 Å². The maximum absolute atomic E-state index is 11.2. The van der Waals surface area contributed by atoms with E-state index >= 15 is 0 Å². The molecule has 0 aliphatic heterocycles. The Morgan fingerprint density at radius 3 is 2.43 bits per heavy atom. The number of hydrazine groups is 1. The number of anilines is 1. The molecule has 0 atom stereocenters. The van der Waals surface area contributed by atoms with Crippen LogP contribution in [-0.4, -0.2) is 5.91 Å². The van der Waals surface area contributed by atoms with Crippen LogP contribution in [0.25, 0.3) is 0 Å². The van der Waals surface area contributed by atoms with Crippen LogP contribution >= 0.6 is 0 Å². The maximum atomic E-state index is 11.2. The Bertz CT molecular complexity index is 326. The third-order valence-corrected chi connectivity index (χ3v) is 1.52. The van der Waals surface area contributed by atoms with Crippen molar-refractivity contribution >= 4 is 11.6 Å². The van der Waals surface area contributed by atoms with E-state index in [9.17, 15) is 4.79 Å². The third-order valence-electron chi connectivity index (χ3n) is 1.52. The molecule has 74 valence electrons. The molecule has 0 saturated heterocycles. The zero-order chi connectivity index (χ0) is 10.4. The number of rotatable bonds is 3. The highest BCUT2D eigenvalue weighted by Gasteiger charge is 1.94. The Morgan fingerprint density at radius 1 is 1.21 bits per heavy atom. The van der Waals surface area contributed by atoms with Gasteiger partial charge in [0.2, 0.25) is 0 Å². The molecular weight excluding hydrogens is 176 g/mol. The lowest BCUT2D eigenvalue weighted by Gasteiger charge is -2.05. The molecule has 1 rings (SSSR count). The van der Waals surface area contributed by atoms with Crippen LogP contribution in [0, 0.1) is 0 Å². The highest BCUT2D eigenvalue weighted by molar-refractivity contribution is 5.88. The molecule has 0 saturated carbocycles. The molecule has 1 amide bonds. The van der Waals surface area contributed by atoms with E-state index in [4.69, 9.17) is 0 Å². The summed E-state index contributed by atoms with van der Waals surface area (Å²) < 4.78 is 0. The van der Waals surface area contributed by atoms with Crippen molar-refractivity contribution in [3.63, 3.8) is 0 Å². The lowest BCUT2D eigenvalue weighted by atomic mass is 10.3. The Balaban J connectivity index is 2.42. The summed E-state index contributed by atoms with van der Waals surface area (Å²) in [7, 11) is 0. The summed E-state index contributed by atoms with van der Waals surface area (Å²) in [6.07, 6.45) is 1.54. The molecule has 0 unspecified atom stereocenters. The minimum absolute atomic E-state index is 0.145. The van der Waals surface area contributed by atoms with Gasteiger partial charge in [0.05, 0.1) is 5.69 Å². The van der Waals surface area contributed by atoms with Crippen LogP contribution in [-0.2, 0) is 4.79 Å². The number of hydrogen-bond donors (Lipinski definition) is 2. The Hall–Kier alpha value is -1.77. The predicted octanol–water partition coefficient (Wildman–Crippen LogP) is 2.10. The Labute approximate surface area is 83.8 Å². The van der Waals surface area contributed by atoms with Gasteiger partial charge in [-0.25, -0.2) is 0 Å². The summed E-state index contributed by atoms with van der Waals surface area (Å²) in [5.74, 6) is -0.145. The minimum Gasteiger partial charge on any atom is -0.298 e. The molecule has 0 aromatic heterocycles. The molecule has 0 radical (unpaired) electrons. The van der Waals surface area contributed by atoms with Gasteiger partial charge in [0.25, 0.3) is 5.91 Å². The topological polar surface area (TPSA) is 41.1 Å². The minimum atomic E-state index is -0.145. The fourth-order valence-electron chi connectivity index (χ4n) is 0.954. The fraction of sp³-hybridized carbons (Fsp3) is 0.182. The van der Waals surface area contributed by atoms with Crippen LogP contribution in [0.4, 0.5) is 5.69 Å². The number of hydrogen-bond acceptors (Lipinski definition) is 2. The van der Waals surface area contributed by atoms with E-state index in [1.54, 1.807) is 0 Å². The van der Waals surface area contributed by atoms with E-state index in [0.29, 0.717) is 0 Å². The predicted molar refractivity (Wildman–Crippen MR) is 57.6 cm³/mol. The first-order valence-electron chi connectivity index (χ1n) is 4.44. The molecule has 3 heteroatoms. The highest BCUT2D eigenvalue weighted by atomic mass is 16.2. The summed E-state index contributed by atoms with van der Waals surface area (Å²) in [6.45, 7) is 3.75. The van der Waals surface area contributed by atoms with Gasteiger partial charge in [0.1, 0.15) is 0 Å². The van der Waals surface area contributed by atoms with Crippen molar-refractivity contribution < 1.29 is 4.79 Å². The number of benzene rings is 1. The van der Waals surface area contributed by atoms with E-state index in [1.807, 2.05) is 44.2 Å². The first-order valence-corrected chi connectivity index (χ1v) is 4.44. The van der Waals surface area contributed by atoms with E-state index < -0.39 is 0 Å². The summed E-state index contributed by atoms with van der Waals surface area (Å²) in [5, 5.41) is 0. The van der Waals surface area contributed by atoms with Gasteiger partial charge in [-0.2, -0.15) is 0 Å². The van der Waals surface area contributed by atoms with E-state index in [-0.39, 0.29) is 5.91 Å². The van der Waals surface area contributed by atoms with Gasteiger partial charge in [-0.05, 0) is 26.0 Å². The molecule has 0 bridgehead atoms. The van der Waals surface area contributed by atoms with Crippen LogP contribution in [0.5, 0.6) is 0 Å². The zero-order valence-electron chi connectivity index (χ0n) is 8.37. The van der Waals surface area contributed by atoms with Crippen molar-refractivity contribution in [1.29, 1.82) is 0 Å². The summed E-state index contributed by atoms with van der Waals surface area (Å²) in [6, 6.07) is 9.47. The Morgan fingerprint density at radius 2 is 1.86 bits per heavy atom. The molecule has 2 N–H and O–H groups in total. The number of para-hydroxylation sites is 1. The van der Waals surface area contributed by atoms with Crippen molar-refractivity contribution in [2.75, 3.05) is 5.43 Å². The first kappa shape index (κ1) is 10.3. The van der Waals surface area contributed by atoms with Crippen molar-refractivity contribution in [1.82, 2.24) is 5.43 Å². The lowest BCUT2D eigenvalue weighted by molar-refractivity contribution is -0.116. The first-order chi connectivity index (χ1) is 6.68. The second-order valence-electron chi connectivity index (χ2n) is 3.20. The number of carbonyl (C=O) groups is 1. The fourth-order valence-corrected chi connectivity index (χ4v) is 0.954. The van der Waals surface area contributed by atoms with Crippen LogP contribution < -0.4 is 10.9 Å². The standard InChI is InChI=1S/C11H14N2O/c1-9(2)8-11(14)13-12-10-6-4-3-5-7-10/h3-8,12H,1-2H3,(H,13,14). The second-order valence-corrected chi connectivity index (χ2v) is 3.20. The smallest absolute Gasteiger partial charge is 0.262 e. The molecule has 3 nitrogen and oxygen atoms in total. The molecule has 1 aromatic carbocycles. The van der Waals surface area contributed by atoms with Crippen molar-refractivity contribution in [2.24, 2.45) is 0 Å². The zero-order valence-corrected chi connectivity index (χ0v) is 8.37. The summed E-state index contributed by atoms with van der Waals surface area (Å²) in [5.41, 5.74) is 7.20. The van der Waals surface area contributed by atoms with Gasteiger partial charge < -0.3 is 0 Å². The van der Waals surface area contributed by atoms with E-state index in [0.717, 1.165) is 11.3 Å².